The fourth-order valence-corrected chi connectivity index (χ4v) is 5.88. The molecule has 196 valence electrons. The Labute approximate surface area is 220 Å². The van der Waals surface area contributed by atoms with Crippen molar-refractivity contribution in [1.82, 2.24) is 19.3 Å². The Morgan fingerprint density at radius 2 is 1.58 bits per heavy atom. The van der Waals surface area contributed by atoms with Gasteiger partial charge in [0.15, 0.2) is 11.5 Å². The molecule has 0 atom stereocenters. The third-order valence-electron chi connectivity index (χ3n) is 6.42. The second kappa shape index (κ2) is 10.6. The van der Waals surface area contributed by atoms with E-state index in [1.54, 1.807) is 37.2 Å². The summed E-state index contributed by atoms with van der Waals surface area (Å²) < 4.78 is 39.3. The molecule has 0 radical (unpaired) electrons. The monoisotopic (exact) mass is 533 g/mol. The smallest absolute Gasteiger partial charge is 0.255 e. The molecule has 1 saturated heterocycles. The van der Waals surface area contributed by atoms with Gasteiger partial charge in [-0.25, -0.2) is 13.1 Å². The highest BCUT2D eigenvalue weighted by atomic mass is 32.2. The molecule has 0 aliphatic carbocycles. The van der Waals surface area contributed by atoms with Gasteiger partial charge in [-0.15, -0.1) is 5.10 Å². The molecule has 1 fully saturated rings. The third kappa shape index (κ3) is 4.98. The molecular weight excluding hydrogens is 506 g/mol. The van der Waals surface area contributed by atoms with Crippen molar-refractivity contribution in [2.75, 3.05) is 32.6 Å². The van der Waals surface area contributed by atoms with Crippen molar-refractivity contribution in [1.29, 1.82) is 0 Å². The molecule has 1 aliphatic rings. The van der Waals surface area contributed by atoms with Gasteiger partial charge in [0.25, 0.3) is 5.91 Å². The van der Waals surface area contributed by atoms with Crippen LogP contribution < -0.4 is 14.8 Å². The highest BCUT2D eigenvalue weighted by molar-refractivity contribution is 7.89. The van der Waals surface area contributed by atoms with Gasteiger partial charge in [0.2, 0.25) is 10.0 Å². The number of anilines is 1. The number of rotatable bonds is 8. The Morgan fingerprint density at radius 1 is 0.895 bits per heavy atom. The van der Waals surface area contributed by atoms with Crippen molar-refractivity contribution in [2.24, 2.45) is 0 Å². The third-order valence-corrected chi connectivity index (χ3v) is 8.33. The van der Waals surface area contributed by atoms with Gasteiger partial charge in [-0.1, -0.05) is 5.21 Å². The minimum atomic E-state index is -3.52. The predicted octanol–water partition coefficient (Wildman–Crippen LogP) is 3.99. The highest BCUT2D eigenvalue weighted by Gasteiger charge is 2.27. The summed E-state index contributed by atoms with van der Waals surface area (Å²) in [7, 11) is -0.362. The van der Waals surface area contributed by atoms with Crippen LogP contribution in [-0.2, 0) is 10.0 Å². The van der Waals surface area contributed by atoms with Crippen molar-refractivity contribution in [3.8, 4) is 28.4 Å². The molecule has 3 aromatic carbocycles. The molecule has 10 nitrogen and oxygen atoms in total. The molecule has 11 heteroatoms. The van der Waals surface area contributed by atoms with Crippen LogP contribution in [0.2, 0.25) is 0 Å². The maximum atomic E-state index is 12.8. The summed E-state index contributed by atoms with van der Waals surface area (Å²) in [6, 6.07) is 18.7. The average molecular weight is 534 g/mol. The van der Waals surface area contributed by atoms with E-state index in [0.717, 1.165) is 29.8 Å². The Hall–Kier alpha value is -4.22. The second-order valence-electron chi connectivity index (χ2n) is 8.74. The van der Waals surface area contributed by atoms with Gasteiger partial charge >= 0.3 is 0 Å². The van der Waals surface area contributed by atoms with Crippen molar-refractivity contribution in [2.45, 2.75) is 17.7 Å². The van der Waals surface area contributed by atoms with Gasteiger partial charge < -0.3 is 14.8 Å². The summed E-state index contributed by atoms with van der Waals surface area (Å²) in [5.74, 6) is 0.880. The molecular formula is C27H27N5O5S. The summed E-state index contributed by atoms with van der Waals surface area (Å²) in [5, 5.41) is 11.1. The standard InChI is InChI=1S/C27H27N5O5S/c1-36-25-14-7-20(17-26(25)37-2)24-18-28-30-32(24)22-10-8-21(9-11-22)29-27(33)19-5-12-23(13-6-19)38(34,35)31-15-3-4-16-31/h5-14,17-18H,3-4,15-16H2,1-2H3,(H,29,33). The summed E-state index contributed by atoms with van der Waals surface area (Å²) in [4.78, 5) is 13.0. The van der Waals surface area contributed by atoms with Gasteiger partial charge in [0, 0.05) is 29.9 Å². The molecule has 4 aromatic rings. The van der Waals surface area contributed by atoms with Crippen molar-refractivity contribution < 1.29 is 22.7 Å². The van der Waals surface area contributed by atoms with E-state index in [1.807, 2.05) is 30.3 Å². The van der Waals surface area contributed by atoms with Gasteiger partial charge in [-0.3, -0.25) is 4.79 Å². The second-order valence-corrected chi connectivity index (χ2v) is 10.7. The van der Waals surface area contributed by atoms with Crippen LogP contribution in [0.25, 0.3) is 16.9 Å². The maximum Gasteiger partial charge on any atom is 0.255 e. The van der Waals surface area contributed by atoms with E-state index in [4.69, 9.17) is 9.47 Å². The van der Waals surface area contributed by atoms with Gasteiger partial charge in [0.1, 0.15) is 0 Å². The minimum absolute atomic E-state index is 0.193. The van der Waals surface area contributed by atoms with Crippen LogP contribution in [0.1, 0.15) is 23.2 Å². The van der Waals surface area contributed by atoms with Crippen LogP contribution >= 0.6 is 0 Å². The van der Waals surface area contributed by atoms with E-state index in [2.05, 4.69) is 15.6 Å². The van der Waals surface area contributed by atoms with Gasteiger partial charge in [-0.05, 0) is 79.6 Å². The van der Waals surface area contributed by atoms with Crippen molar-refractivity contribution >= 4 is 21.6 Å². The van der Waals surface area contributed by atoms with E-state index < -0.39 is 10.0 Å². The number of hydrogen-bond donors (Lipinski definition) is 1. The van der Waals surface area contributed by atoms with Crippen LogP contribution in [-0.4, -0.2) is 60.9 Å². The molecule has 1 N–H and O–H groups in total. The number of sulfonamides is 1. The average Bonchev–Trinajstić information content (AvgIpc) is 3.67. The van der Waals surface area contributed by atoms with Crippen molar-refractivity contribution in [3.05, 3.63) is 78.5 Å². The zero-order valence-electron chi connectivity index (χ0n) is 21.0. The van der Waals surface area contributed by atoms with Crippen LogP contribution in [0, 0.1) is 0 Å². The number of nitrogens with zero attached hydrogens (tertiary/aromatic N) is 4. The van der Waals surface area contributed by atoms with Crippen LogP contribution in [0.15, 0.2) is 77.8 Å². The van der Waals surface area contributed by atoms with Crippen LogP contribution in [0.5, 0.6) is 11.5 Å². The molecule has 1 aromatic heterocycles. The lowest BCUT2D eigenvalue weighted by Gasteiger charge is -2.15. The lowest BCUT2D eigenvalue weighted by molar-refractivity contribution is 0.102. The number of aromatic nitrogens is 3. The van der Waals surface area contributed by atoms with Gasteiger partial charge in [-0.2, -0.15) is 4.31 Å². The highest BCUT2D eigenvalue weighted by Crippen LogP contribution is 2.32. The summed E-state index contributed by atoms with van der Waals surface area (Å²) in [6.07, 6.45) is 3.39. The zero-order valence-corrected chi connectivity index (χ0v) is 21.8. The number of hydrogen-bond acceptors (Lipinski definition) is 7. The molecule has 0 spiro atoms. The molecule has 2 heterocycles. The Morgan fingerprint density at radius 3 is 2.24 bits per heavy atom. The lowest BCUT2D eigenvalue weighted by atomic mass is 10.1. The molecule has 0 saturated carbocycles. The number of carbonyl (C=O) groups excluding carboxylic acids is 1. The number of amides is 1. The fourth-order valence-electron chi connectivity index (χ4n) is 4.36. The van der Waals surface area contributed by atoms with Crippen molar-refractivity contribution in [3.63, 3.8) is 0 Å². The number of carbonyl (C=O) groups is 1. The number of methoxy groups -OCH3 is 2. The molecule has 38 heavy (non-hydrogen) atoms. The quantitative estimate of drug-likeness (QED) is 0.364. The summed E-state index contributed by atoms with van der Waals surface area (Å²) >= 11 is 0. The first-order chi connectivity index (χ1) is 18.4. The Balaban J connectivity index is 1.30. The fraction of sp³-hybridized carbons (Fsp3) is 0.222. The van der Waals surface area contributed by atoms with E-state index in [1.165, 1.54) is 28.6 Å². The van der Waals surface area contributed by atoms with E-state index in [0.29, 0.717) is 35.8 Å². The summed E-state index contributed by atoms with van der Waals surface area (Å²) in [6.45, 7) is 1.07. The zero-order chi connectivity index (χ0) is 26.7. The number of benzene rings is 3. The molecule has 1 amide bonds. The number of nitrogens with one attached hydrogen (secondary N) is 1. The largest absolute Gasteiger partial charge is 0.493 e. The van der Waals surface area contributed by atoms with Crippen LogP contribution in [0.3, 0.4) is 0 Å². The maximum absolute atomic E-state index is 12.8. The van der Waals surface area contributed by atoms with E-state index >= 15 is 0 Å². The molecule has 0 unspecified atom stereocenters. The lowest BCUT2D eigenvalue weighted by Crippen LogP contribution is -2.27. The first-order valence-corrected chi connectivity index (χ1v) is 13.5. The number of ether oxygens (including phenoxy) is 2. The Kier molecular flexibility index (Phi) is 7.12. The molecule has 0 bridgehead atoms. The molecule has 5 rings (SSSR count). The van der Waals surface area contributed by atoms with Gasteiger partial charge in [0.05, 0.1) is 36.7 Å². The van der Waals surface area contributed by atoms with E-state index in [-0.39, 0.29) is 10.8 Å². The predicted molar refractivity (Wildman–Crippen MR) is 142 cm³/mol. The Bertz CT molecular complexity index is 1540. The topological polar surface area (TPSA) is 116 Å². The van der Waals surface area contributed by atoms with E-state index in [9.17, 15) is 13.2 Å². The minimum Gasteiger partial charge on any atom is -0.493 e. The first kappa shape index (κ1) is 25.4. The normalized spacial score (nSPS) is 13.8. The molecule has 1 aliphatic heterocycles. The SMILES string of the molecule is COc1ccc(-c2cnnn2-c2ccc(NC(=O)c3ccc(S(=O)(=O)N4CCCC4)cc3)cc2)cc1OC. The summed E-state index contributed by atoms with van der Waals surface area (Å²) in [5.41, 5.74) is 3.30. The first-order valence-electron chi connectivity index (χ1n) is 12.1. The van der Waals surface area contributed by atoms with Crippen LogP contribution in [0.4, 0.5) is 5.69 Å².